The number of piperazine rings is 1. The highest BCUT2D eigenvalue weighted by Crippen LogP contribution is 2.24. The molecule has 28 heavy (non-hydrogen) atoms. The second-order valence-electron chi connectivity index (χ2n) is 6.22. The maximum Gasteiger partial charge on any atom is 0.242 e. The summed E-state index contributed by atoms with van der Waals surface area (Å²) in [5, 5.41) is 0. The van der Waals surface area contributed by atoms with Crippen molar-refractivity contribution in [2.24, 2.45) is 0 Å². The lowest BCUT2D eigenvalue weighted by molar-refractivity contribution is -0.131. The maximum absolute atomic E-state index is 14.1. The van der Waals surface area contributed by atoms with Crippen LogP contribution in [0.25, 0.3) is 0 Å². The third-order valence-corrected chi connectivity index (χ3v) is 4.45. The van der Waals surface area contributed by atoms with E-state index < -0.39 is 41.5 Å². The molecule has 0 saturated carbocycles. The van der Waals surface area contributed by atoms with Gasteiger partial charge < -0.3 is 14.7 Å². The van der Waals surface area contributed by atoms with Gasteiger partial charge >= 0.3 is 0 Å². The number of amides is 2. The van der Waals surface area contributed by atoms with Crippen molar-refractivity contribution in [3.63, 3.8) is 0 Å². The van der Waals surface area contributed by atoms with E-state index >= 15 is 0 Å². The number of halogens is 3. The number of aromatic nitrogens is 2. The Morgan fingerprint density at radius 3 is 2.29 bits per heavy atom. The van der Waals surface area contributed by atoms with Crippen LogP contribution in [0.4, 0.5) is 24.8 Å². The number of hydrogen-bond donors (Lipinski definition) is 0. The largest absolute Gasteiger partial charge is 0.338 e. The zero-order valence-electron chi connectivity index (χ0n) is 15.1. The molecule has 1 aliphatic rings. The first-order chi connectivity index (χ1) is 13.4. The van der Waals surface area contributed by atoms with Gasteiger partial charge in [0.2, 0.25) is 17.8 Å². The van der Waals surface area contributed by atoms with Crippen LogP contribution >= 0.6 is 0 Å². The van der Waals surface area contributed by atoms with Gasteiger partial charge in [-0.25, -0.2) is 23.1 Å². The molecular formula is C18H18F3N5O2. The Labute approximate surface area is 159 Å². The number of carbonyl (C=O) groups is 2. The molecule has 0 unspecified atom stereocenters. The van der Waals surface area contributed by atoms with Gasteiger partial charge in [0.05, 0.1) is 5.69 Å². The lowest BCUT2D eigenvalue weighted by atomic mass is 10.2. The minimum absolute atomic E-state index is 0.364. The molecule has 1 aromatic carbocycles. The second-order valence-corrected chi connectivity index (χ2v) is 6.22. The molecule has 0 aliphatic carbocycles. The fourth-order valence-electron chi connectivity index (χ4n) is 2.94. The lowest BCUT2D eigenvalue weighted by Crippen LogP contribution is -2.52. The van der Waals surface area contributed by atoms with E-state index in [0.29, 0.717) is 38.2 Å². The number of anilines is 2. The minimum atomic E-state index is -1.69. The predicted octanol–water partition coefficient (Wildman–Crippen LogP) is 1.60. The molecule has 0 bridgehead atoms. The molecule has 2 amide bonds. The predicted molar refractivity (Wildman–Crippen MR) is 95.2 cm³/mol. The van der Waals surface area contributed by atoms with Crippen LogP contribution in [0.2, 0.25) is 0 Å². The first-order valence-corrected chi connectivity index (χ1v) is 8.60. The molecule has 0 radical (unpaired) electrons. The topological polar surface area (TPSA) is 69.6 Å². The van der Waals surface area contributed by atoms with Gasteiger partial charge in [-0.3, -0.25) is 9.59 Å². The Balaban J connectivity index is 1.67. The van der Waals surface area contributed by atoms with Crippen LogP contribution in [0.1, 0.15) is 6.92 Å². The van der Waals surface area contributed by atoms with E-state index in [9.17, 15) is 22.8 Å². The Morgan fingerprint density at radius 1 is 1.04 bits per heavy atom. The summed E-state index contributed by atoms with van der Waals surface area (Å²) in [4.78, 5) is 37.0. The number of rotatable bonds is 4. The molecule has 0 atom stereocenters. The Hall–Kier alpha value is -3.17. The summed E-state index contributed by atoms with van der Waals surface area (Å²) in [7, 11) is 0. The van der Waals surface area contributed by atoms with E-state index in [4.69, 9.17) is 0 Å². The highest BCUT2D eigenvalue weighted by atomic mass is 19.2. The molecule has 2 aromatic rings. The molecule has 1 aromatic heterocycles. The molecule has 1 fully saturated rings. The van der Waals surface area contributed by atoms with Crippen molar-refractivity contribution >= 4 is 23.5 Å². The Morgan fingerprint density at radius 2 is 1.68 bits per heavy atom. The Kier molecular flexibility index (Phi) is 5.76. The quantitative estimate of drug-likeness (QED) is 0.738. The van der Waals surface area contributed by atoms with Gasteiger partial charge in [-0.05, 0) is 18.2 Å². The SMILES string of the molecule is CC(=O)N(CC(=O)N1CCN(c2ncccn2)CC1)c1ccc(F)c(F)c1F. The van der Waals surface area contributed by atoms with Gasteiger partial charge in [-0.1, -0.05) is 0 Å². The normalized spacial score (nSPS) is 14.1. The third kappa shape index (κ3) is 4.05. The van der Waals surface area contributed by atoms with Crippen molar-refractivity contribution in [3.8, 4) is 0 Å². The minimum Gasteiger partial charge on any atom is -0.338 e. The fraction of sp³-hybridized carbons (Fsp3) is 0.333. The standard InChI is InChI=1S/C18H18F3N5O2/c1-12(27)26(14-4-3-13(19)16(20)17(14)21)11-15(28)24-7-9-25(10-8-24)18-22-5-2-6-23-18/h2-6H,7-11H2,1H3. The molecule has 1 aliphatic heterocycles. The van der Waals surface area contributed by atoms with Crippen molar-refractivity contribution in [1.82, 2.24) is 14.9 Å². The molecule has 3 rings (SSSR count). The van der Waals surface area contributed by atoms with Crippen LogP contribution in [0.5, 0.6) is 0 Å². The Bertz CT molecular complexity index is 873. The van der Waals surface area contributed by atoms with Crippen LogP contribution in [0, 0.1) is 17.5 Å². The summed E-state index contributed by atoms with van der Waals surface area (Å²) >= 11 is 0. The summed E-state index contributed by atoms with van der Waals surface area (Å²) in [5.41, 5.74) is -0.476. The van der Waals surface area contributed by atoms with Gasteiger partial charge in [-0.2, -0.15) is 0 Å². The molecule has 10 heteroatoms. The first-order valence-electron chi connectivity index (χ1n) is 8.60. The van der Waals surface area contributed by atoms with Gasteiger partial charge in [0, 0.05) is 45.5 Å². The average molecular weight is 393 g/mol. The molecule has 148 valence electrons. The third-order valence-electron chi connectivity index (χ3n) is 4.45. The molecule has 0 N–H and O–H groups in total. The van der Waals surface area contributed by atoms with Gasteiger partial charge in [0.15, 0.2) is 17.5 Å². The van der Waals surface area contributed by atoms with Crippen LogP contribution < -0.4 is 9.80 Å². The summed E-state index contributed by atoms with van der Waals surface area (Å²) in [5.74, 6) is -5.08. The summed E-state index contributed by atoms with van der Waals surface area (Å²) in [6.45, 7) is 2.37. The number of carbonyl (C=O) groups excluding carboxylic acids is 2. The van der Waals surface area contributed by atoms with E-state index in [1.165, 1.54) is 4.90 Å². The first kappa shape index (κ1) is 19.6. The average Bonchev–Trinajstić information content (AvgIpc) is 2.71. The summed E-state index contributed by atoms with van der Waals surface area (Å²) < 4.78 is 40.7. The van der Waals surface area contributed by atoms with E-state index in [1.54, 1.807) is 18.5 Å². The van der Waals surface area contributed by atoms with Crippen LogP contribution in [-0.2, 0) is 9.59 Å². The molecule has 1 saturated heterocycles. The zero-order valence-corrected chi connectivity index (χ0v) is 15.1. The number of nitrogens with zero attached hydrogens (tertiary/aromatic N) is 5. The van der Waals surface area contributed by atoms with Crippen LogP contribution in [0.3, 0.4) is 0 Å². The van der Waals surface area contributed by atoms with Crippen molar-refractivity contribution in [3.05, 3.63) is 48.0 Å². The van der Waals surface area contributed by atoms with E-state index in [1.807, 2.05) is 4.90 Å². The summed E-state index contributed by atoms with van der Waals surface area (Å²) in [6.07, 6.45) is 3.25. The smallest absolute Gasteiger partial charge is 0.242 e. The lowest BCUT2D eigenvalue weighted by Gasteiger charge is -2.35. The van der Waals surface area contributed by atoms with Crippen molar-refractivity contribution < 1.29 is 22.8 Å². The van der Waals surface area contributed by atoms with Crippen molar-refractivity contribution in [1.29, 1.82) is 0 Å². The number of hydrogen-bond acceptors (Lipinski definition) is 5. The molecule has 2 heterocycles. The fourth-order valence-corrected chi connectivity index (χ4v) is 2.94. The van der Waals surface area contributed by atoms with Crippen molar-refractivity contribution in [2.75, 3.05) is 42.5 Å². The van der Waals surface area contributed by atoms with Crippen LogP contribution in [0.15, 0.2) is 30.6 Å². The number of benzene rings is 1. The van der Waals surface area contributed by atoms with E-state index in [2.05, 4.69) is 9.97 Å². The van der Waals surface area contributed by atoms with Crippen molar-refractivity contribution in [2.45, 2.75) is 6.92 Å². The van der Waals surface area contributed by atoms with E-state index in [0.717, 1.165) is 17.9 Å². The molecule has 0 spiro atoms. The molecular weight excluding hydrogens is 375 g/mol. The monoisotopic (exact) mass is 393 g/mol. The summed E-state index contributed by atoms with van der Waals surface area (Å²) in [6, 6.07) is 3.36. The highest BCUT2D eigenvalue weighted by molar-refractivity contribution is 5.97. The van der Waals surface area contributed by atoms with E-state index in [-0.39, 0.29) is 0 Å². The maximum atomic E-state index is 14.1. The van der Waals surface area contributed by atoms with Gasteiger partial charge in [0.1, 0.15) is 6.54 Å². The zero-order chi connectivity index (χ0) is 20.3. The van der Waals surface area contributed by atoms with Crippen LogP contribution in [-0.4, -0.2) is 59.4 Å². The highest BCUT2D eigenvalue weighted by Gasteiger charge is 2.27. The molecule has 7 nitrogen and oxygen atoms in total. The van der Waals surface area contributed by atoms with Gasteiger partial charge in [-0.15, -0.1) is 0 Å². The van der Waals surface area contributed by atoms with Gasteiger partial charge in [0.25, 0.3) is 0 Å². The second kappa shape index (κ2) is 8.24.